The fourth-order valence-corrected chi connectivity index (χ4v) is 2.01. The van der Waals surface area contributed by atoms with Gasteiger partial charge in [-0.25, -0.2) is 4.68 Å². The number of benzene rings is 1. The molecule has 2 rings (SSSR count). The number of methoxy groups -OCH3 is 1. The normalized spacial score (nSPS) is 10.3. The van der Waals surface area contributed by atoms with Crippen molar-refractivity contribution in [3.8, 4) is 5.75 Å². The molecule has 1 aromatic carbocycles. The quantitative estimate of drug-likeness (QED) is 0.936. The van der Waals surface area contributed by atoms with Gasteiger partial charge in [-0.05, 0) is 18.2 Å². The van der Waals surface area contributed by atoms with Crippen LogP contribution in [0.15, 0.2) is 39.7 Å². The molecule has 5 nitrogen and oxygen atoms in total. The van der Waals surface area contributed by atoms with Gasteiger partial charge in [-0.15, -0.1) is 0 Å². The molecule has 0 spiro atoms. The van der Waals surface area contributed by atoms with Gasteiger partial charge in [-0.2, -0.15) is 5.10 Å². The van der Waals surface area contributed by atoms with Crippen LogP contribution in [0.1, 0.15) is 5.56 Å². The van der Waals surface area contributed by atoms with Gasteiger partial charge in [-0.3, -0.25) is 4.79 Å². The van der Waals surface area contributed by atoms with Gasteiger partial charge in [0.1, 0.15) is 5.75 Å². The van der Waals surface area contributed by atoms with E-state index in [4.69, 9.17) is 10.5 Å². The van der Waals surface area contributed by atoms with Crippen molar-refractivity contribution in [2.75, 3.05) is 12.8 Å². The van der Waals surface area contributed by atoms with Crippen molar-refractivity contribution >= 4 is 21.6 Å². The zero-order chi connectivity index (χ0) is 13.1. The van der Waals surface area contributed by atoms with Crippen LogP contribution in [-0.4, -0.2) is 16.9 Å². The summed E-state index contributed by atoms with van der Waals surface area (Å²) in [7, 11) is 1.59. The van der Waals surface area contributed by atoms with E-state index in [0.29, 0.717) is 18.0 Å². The molecule has 94 valence electrons. The molecule has 0 saturated carbocycles. The molecule has 6 heteroatoms. The molecule has 0 radical (unpaired) electrons. The summed E-state index contributed by atoms with van der Waals surface area (Å²) in [5, 5.41) is 3.99. The molecule has 0 unspecified atom stereocenters. The summed E-state index contributed by atoms with van der Waals surface area (Å²) in [6.07, 6.45) is 1.45. The van der Waals surface area contributed by atoms with Crippen LogP contribution in [0, 0.1) is 0 Å². The van der Waals surface area contributed by atoms with Crippen LogP contribution in [-0.2, 0) is 6.54 Å². The maximum atomic E-state index is 11.7. The number of nitrogens with zero attached hydrogens (tertiary/aromatic N) is 2. The van der Waals surface area contributed by atoms with Crippen LogP contribution in [0.25, 0.3) is 0 Å². The Morgan fingerprint density at radius 2 is 2.22 bits per heavy atom. The second kappa shape index (κ2) is 5.22. The zero-order valence-electron chi connectivity index (χ0n) is 9.76. The van der Waals surface area contributed by atoms with E-state index in [9.17, 15) is 4.79 Å². The van der Waals surface area contributed by atoms with Gasteiger partial charge >= 0.3 is 0 Å². The number of aromatic nitrogens is 2. The van der Waals surface area contributed by atoms with E-state index in [-0.39, 0.29) is 5.56 Å². The number of anilines is 1. The van der Waals surface area contributed by atoms with Crippen LogP contribution in [0.2, 0.25) is 0 Å². The molecular weight excluding hydrogens is 298 g/mol. The Morgan fingerprint density at radius 3 is 2.89 bits per heavy atom. The number of nitrogens with two attached hydrogens (primary N) is 1. The molecule has 2 aromatic rings. The third-order valence-electron chi connectivity index (χ3n) is 2.45. The Labute approximate surface area is 112 Å². The molecule has 0 aliphatic heterocycles. The van der Waals surface area contributed by atoms with Gasteiger partial charge in [0.2, 0.25) is 0 Å². The molecule has 0 fully saturated rings. The molecule has 0 bridgehead atoms. The van der Waals surface area contributed by atoms with Gasteiger partial charge < -0.3 is 10.5 Å². The summed E-state index contributed by atoms with van der Waals surface area (Å²) in [4.78, 5) is 11.7. The average Bonchev–Trinajstić information content (AvgIpc) is 2.33. The van der Waals surface area contributed by atoms with E-state index in [1.807, 2.05) is 18.2 Å². The van der Waals surface area contributed by atoms with E-state index in [0.717, 1.165) is 10.0 Å². The van der Waals surface area contributed by atoms with E-state index in [1.54, 1.807) is 7.11 Å². The van der Waals surface area contributed by atoms with Crippen LogP contribution in [0.3, 0.4) is 0 Å². The van der Waals surface area contributed by atoms with Crippen molar-refractivity contribution in [2.45, 2.75) is 6.54 Å². The minimum absolute atomic E-state index is 0.239. The number of rotatable bonds is 3. The smallest absolute Gasteiger partial charge is 0.269 e. The highest BCUT2D eigenvalue weighted by Gasteiger charge is 2.06. The molecule has 18 heavy (non-hydrogen) atoms. The van der Waals surface area contributed by atoms with Gasteiger partial charge in [0, 0.05) is 16.1 Å². The number of hydrogen-bond acceptors (Lipinski definition) is 4. The van der Waals surface area contributed by atoms with Crippen molar-refractivity contribution < 1.29 is 4.74 Å². The summed E-state index contributed by atoms with van der Waals surface area (Å²) >= 11 is 3.39. The summed E-state index contributed by atoms with van der Waals surface area (Å²) in [5.74, 6) is 0.712. The first-order valence-corrected chi connectivity index (χ1v) is 6.04. The van der Waals surface area contributed by atoms with Gasteiger partial charge in [0.05, 0.1) is 25.5 Å². The van der Waals surface area contributed by atoms with Crippen LogP contribution in [0.4, 0.5) is 5.69 Å². The van der Waals surface area contributed by atoms with Crippen molar-refractivity contribution in [1.82, 2.24) is 9.78 Å². The largest absolute Gasteiger partial charge is 0.496 e. The average molecular weight is 310 g/mol. The topological polar surface area (TPSA) is 70.1 Å². The SMILES string of the molecule is COc1ccc(Br)cc1Cn1ncc(N)cc1=O. The zero-order valence-corrected chi connectivity index (χ0v) is 11.3. The molecule has 2 N–H and O–H groups in total. The van der Waals surface area contributed by atoms with Gasteiger partial charge in [0.15, 0.2) is 0 Å². The summed E-state index contributed by atoms with van der Waals surface area (Å²) in [6.45, 7) is 0.335. The van der Waals surface area contributed by atoms with Crippen LogP contribution in [0.5, 0.6) is 5.75 Å². The highest BCUT2D eigenvalue weighted by atomic mass is 79.9. The molecule has 1 heterocycles. The van der Waals surface area contributed by atoms with E-state index in [2.05, 4.69) is 21.0 Å². The fraction of sp³-hybridized carbons (Fsp3) is 0.167. The maximum absolute atomic E-state index is 11.7. The Bertz CT molecular complexity index is 625. The monoisotopic (exact) mass is 309 g/mol. The van der Waals surface area contributed by atoms with Crippen LogP contribution < -0.4 is 16.0 Å². The molecule has 0 aliphatic carbocycles. The van der Waals surface area contributed by atoms with Crippen LogP contribution >= 0.6 is 15.9 Å². The first-order chi connectivity index (χ1) is 8.60. The second-order valence-electron chi connectivity index (χ2n) is 3.74. The van der Waals surface area contributed by atoms with Crippen molar-refractivity contribution in [1.29, 1.82) is 0 Å². The van der Waals surface area contributed by atoms with Gasteiger partial charge in [0.25, 0.3) is 5.56 Å². The lowest BCUT2D eigenvalue weighted by Gasteiger charge is -2.10. The molecule has 0 atom stereocenters. The van der Waals surface area contributed by atoms with Crippen molar-refractivity contribution in [2.24, 2.45) is 0 Å². The number of nitrogen functional groups attached to an aromatic ring is 1. The van der Waals surface area contributed by atoms with E-state index in [1.165, 1.54) is 16.9 Å². The first-order valence-electron chi connectivity index (χ1n) is 5.25. The summed E-state index contributed by atoms with van der Waals surface area (Å²) in [6, 6.07) is 6.95. The molecule has 0 saturated heterocycles. The highest BCUT2D eigenvalue weighted by molar-refractivity contribution is 9.10. The highest BCUT2D eigenvalue weighted by Crippen LogP contribution is 2.23. The standard InChI is InChI=1S/C12H12BrN3O2/c1-18-11-3-2-9(13)4-8(11)7-16-12(17)5-10(14)6-15-16/h2-6H,7,14H2,1H3. The summed E-state index contributed by atoms with van der Waals surface area (Å²) < 4.78 is 7.50. The predicted octanol–water partition coefficient (Wildman–Crippen LogP) is 1.64. The number of hydrogen-bond donors (Lipinski definition) is 1. The lowest BCUT2D eigenvalue weighted by atomic mass is 10.2. The van der Waals surface area contributed by atoms with Crippen molar-refractivity contribution in [3.63, 3.8) is 0 Å². The number of ether oxygens (including phenoxy) is 1. The molecular formula is C12H12BrN3O2. The third-order valence-corrected chi connectivity index (χ3v) is 2.95. The molecule has 1 aromatic heterocycles. The van der Waals surface area contributed by atoms with E-state index < -0.39 is 0 Å². The minimum Gasteiger partial charge on any atom is -0.496 e. The molecule has 0 aliphatic rings. The predicted molar refractivity (Wildman–Crippen MR) is 72.7 cm³/mol. The third kappa shape index (κ3) is 2.70. The summed E-state index contributed by atoms with van der Waals surface area (Å²) in [5.41, 5.74) is 6.48. The van der Waals surface area contributed by atoms with E-state index >= 15 is 0 Å². The molecule has 0 amide bonds. The Kier molecular flexibility index (Phi) is 3.66. The fourth-order valence-electron chi connectivity index (χ4n) is 1.60. The second-order valence-corrected chi connectivity index (χ2v) is 4.66. The first kappa shape index (κ1) is 12.6. The van der Waals surface area contributed by atoms with Gasteiger partial charge in [-0.1, -0.05) is 15.9 Å². The Morgan fingerprint density at radius 1 is 1.44 bits per heavy atom. The lowest BCUT2D eigenvalue weighted by Crippen LogP contribution is -2.23. The maximum Gasteiger partial charge on any atom is 0.269 e. The van der Waals surface area contributed by atoms with Crippen molar-refractivity contribution in [3.05, 3.63) is 50.9 Å². The Balaban J connectivity index is 2.39. The Hall–Kier alpha value is -1.82. The minimum atomic E-state index is -0.239. The lowest BCUT2D eigenvalue weighted by molar-refractivity contribution is 0.406. The number of halogens is 1.